The highest BCUT2D eigenvalue weighted by Crippen LogP contribution is 2.29. The topological polar surface area (TPSA) is 37.3 Å². The van der Waals surface area contributed by atoms with E-state index in [1.165, 1.54) is 12.2 Å². The molecule has 0 fully saturated rings. The Kier molecular flexibility index (Phi) is 5.53. The van der Waals surface area contributed by atoms with E-state index in [0.717, 1.165) is 11.1 Å². The second-order valence-corrected chi connectivity index (χ2v) is 6.39. The lowest BCUT2D eigenvalue weighted by molar-refractivity contribution is -0.112. The molecule has 1 N–H and O–H groups in total. The Labute approximate surface area is 158 Å². The zero-order valence-electron chi connectivity index (χ0n) is 14.0. The predicted molar refractivity (Wildman–Crippen MR) is 106 cm³/mol. The quantitative estimate of drug-likeness (QED) is 0.642. The van der Waals surface area contributed by atoms with Gasteiger partial charge in [-0.25, -0.2) is 0 Å². The maximum Gasteiger partial charge on any atom is 0.184 e. The van der Waals surface area contributed by atoms with Crippen LogP contribution in [0.4, 0.5) is 0 Å². The molecule has 2 aromatic rings. The van der Waals surface area contributed by atoms with Gasteiger partial charge in [0.1, 0.15) is 5.60 Å². The van der Waals surface area contributed by atoms with E-state index in [4.69, 9.17) is 11.6 Å². The molecule has 0 radical (unpaired) electrons. The van der Waals surface area contributed by atoms with Crippen LogP contribution in [0.1, 0.15) is 17.5 Å². The first-order valence-electron chi connectivity index (χ1n) is 8.21. The lowest BCUT2D eigenvalue weighted by atomic mass is 9.92. The predicted octanol–water partition coefficient (Wildman–Crippen LogP) is 4.59. The Balaban J connectivity index is 1.75. The summed E-state index contributed by atoms with van der Waals surface area (Å²) in [7, 11) is 0. The Hall–Kier alpha value is -2.86. The first-order chi connectivity index (χ1) is 12.6. The molecular formula is C23H17ClO2. The second-order valence-electron chi connectivity index (χ2n) is 5.96. The van der Waals surface area contributed by atoms with Gasteiger partial charge in [0, 0.05) is 22.6 Å². The highest BCUT2D eigenvalue weighted by molar-refractivity contribution is 6.30. The highest BCUT2D eigenvalue weighted by Gasteiger charge is 2.36. The first kappa shape index (κ1) is 17.9. The molecule has 1 atom stereocenters. The van der Waals surface area contributed by atoms with Crippen LogP contribution in [0.15, 0.2) is 84.5 Å². The molecule has 1 aliphatic carbocycles. The van der Waals surface area contributed by atoms with Crippen molar-refractivity contribution >= 4 is 23.5 Å². The Morgan fingerprint density at radius 3 is 2.54 bits per heavy atom. The molecule has 3 rings (SSSR count). The Morgan fingerprint density at radius 1 is 1.08 bits per heavy atom. The molecule has 128 valence electrons. The van der Waals surface area contributed by atoms with Crippen molar-refractivity contribution in [1.29, 1.82) is 0 Å². The minimum absolute atomic E-state index is 0.142. The van der Waals surface area contributed by atoms with Crippen LogP contribution in [-0.2, 0) is 4.79 Å². The summed E-state index contributed by atoms with van der Waals surface area (Å²) in [5.74, 6) is 5.74. The van der Waals surface area contributed by atoms with Crippen LogP contribution >= 0.6 is 11.6 Å². The SMILES string of the molecule is O=C1C=CC(O)(CC#Cc2ccc(Cl)cc2)/C1=C\C=C\c1ccccc1. The van der Waals surface area contributed by atoms with Crippen molar-refractivity contribution < 1.29 is 9.90 Å². The van der Waals surface area contributed by atoms with Crippen molar-refractivity contribution in [3.05, 3.63) is 101 Å². The standard InChI is InChI=1S/C23H17ClO2/c24-20-13-11-19(12-14-20)9-5-16-23(26)17-15-22(25)21(23)10-4-8-18-6-2-1-3-7-18/h1-4,6-8,10-15,17,26H,16H2/b8-4+,21-10-. The molecule has 3 heteroatoms. The number of hydrogen-bond donors (Lipinski definition) is 1. The molecule has 1 unspecified atom stereocenters. The number of allylic oxidation sites excluding steroid dienone is 3. The Morgan fingerprint density at radius 2 is 1.81 bits per heavy atom. The summed E-state index contributed by atoms with van der Waals surface area (Å²) < 4.78 is 0. The number of carbonyl (C=O) groups excluding carboxylic acids is 1. The van der Waals surface area contributed by atoms with Crippen molar-refractivity contribution in [2.75, 3.05) is 0 Å². The van der Waals surface area contributed by atoms with Crippen LogP contribution < -0.4 is 0 Å². The van der Waals surface area contributed by atoms with Gasteiger partial charge in [-0.15, -0.1) is 0 Å². The zero-order valence-corrected chi connectivity index (χ0v) is 14.8. The number of ketones is 1. The minimum atomic E-state index is -1.36. The van der Waals surface area contributed by atoms with Crippen molar-refractivity contribution in [3.63, 3.8) is 0 Å². The smallest absolute Gasteiger partial charge is 0.184 e. The van der Waals surface area contributed by atoms with Crippen LogP contribution in [0.25, 0.3) is 6.08 Å². The van der Waals surface area contributed by atoms with Crippen LogP contribution in [0, 0.1) is 11.8 Å². The fourth-order valence-corrected chi connectivity index (χ4v) is 2.75. The summed E-state index contributed by atoms with van der Waals surface area (Å²) >= 11 is 5.85. The monoisotopic (exact) mass is 360 g/mol. The number of carbonyl (C=O) groups is 1. The maximum absolute atomic E-state index is 12.1. The number of hydrogen-bond acceptors (Lipinski definition) is 2. The van der Waals surface area contributed by atoms with Crippen LogP contribution in [0.3, 0.4) is 0 Å². The molecule has 0 bridgehead atoms. The van der Waals surface area contributed by atoms with Gasteiger partial charge in [0.05, 0.1) is 0 Å². The molecule has 0 heterocycles. The van der Waals surface area contributed by atoms with Crippen molar-refractivity contribution in [2.45, 2.75) is 12.0 Å². The van der Waals surface area contributed by atoms with E-state index >= 15 is 0 Å². The van der Waals surface area contributed by atoms with Crippen molar-refractivity contribution in [1.82, 2.24) is 0 Å². The van der Waals surface area contributed by atoms with Gasteiger partial charge in [-0.2, -0.15) is 0 Å². The summed E-state index contributed by atoms with van der Waals surface area (Å²) in [6, 6.07) is 16.9. The molecule has 2 nitrogen and oxygen atoms in total. The van der Waals surface area contributed by atoms with Gasteiger partial charge in [-0.1, -0.05) is 72.0 Å². The van der Waals surface area contributed by atoms with Crippen LogP contribution in [-0.4, -0.2) is 16.5 Å². The number of aliphatic hydroxyl groups is 1. The van der Waals surface area contributed by atoms with E-state index in [2.05, 4.69) is 11.8 Å². The third kappa shape index (κ3) is 4.40. The molecular weight excluding hydrogens is 344 g/mol. The van der Waals surface area contributed by atoms with E-state index < -0.39 is 5.60 Å². The number of halogens is 1. The third-order valence-electron chi connectivity index (χ3n) is 4.03. The van der Waals surface area contributed by atoms with Crippen LogP contribution in [0.5, 0.6) is 0 Å². The fraction of sp³-hybridized carbons (Fsp3) is 0.0870. The molecule has 26 heavy (non-hydrogen) atoms. The molecule has 0 amide bonds. The fourth-order valence-electron chi connectivity index (χ4n) is 2.62. The lowest BCUT2D eigenvalue weighted by Crippen LogP contribution is -2.27. The van der Waals surface area contributed by atoms with Gasteiger partial charge in [-0.05, 0) is 42.0 Å². The van der Waals surface area contributed by atoms with Gasteiger partial charge in [0.2, 0.25) is 0 Å². The second kappa shape index (κ2) is 8.01. The van der Waals surface area contributed by atoms with Gasteiger partial charge in [0.25, 0.3) is 0 Å². The molecule has 0 aliphatic heterocycles. The molecule has 0 saturated carbocycles. The number of rotatable bonds is 3. The van der Waals surface area contributed by atoms with Crippen molar-refractivity contribution in [2.24, 2.45) is 0 Å². The minimum Gasteiger partial charge on any atom is -0.380 e. The molecule has 0 aromatic heterocycles. The largest absolute Gasteiger partial charge is 0.380 e. The highest BCUT2D eigenvalue weighted by atomic mass is 35.5. The summed E-state index contributed by atoms with van der Waals surface area (Å²) in [4.78, 5) is 12.1. The van der Waals surface area contributed by atoms with Gasteiger partial charge in [0.15, 0.2) is 5.78 Å². The van der Waals surface area contributed by atoms with E-state index in [1.807, 2.05) is 48.5 Å². The summed E-state index contributed by atoms with van der Waals surface area (Å²) in [6.07, 6.45) is 8.36. The Bertz CT molecular complexity index is 941. The normalized spacial score (nSPS) is 20.5. The van der Waals surface area contributed by atoms with E-state index in [1.54, 1.807) is 24.3 Å². The summed E-state index contributed by atoms with van der Waals surface area (Å²) in [6.45, 7) is 0. The third-order valence-corrected chi connectivity index (χ3v) is 4.28. The molecule has 1 aliphatic rings. The van der Waals surface area contributed by atoms with Gasteiger partial charge >= 0.3 is 0 Å². The van der Waals surface area contributed by atoms with Crippen LogP contribution in [0.2, 0.25) is 5.02 Å². The lowest BCUT2D eigenvalue weighted by Gasteiger charge is -2.19. The van der Waals surface area contributed by atoms with E-state index in [9.17, 15) is 9.90 Å². The van der Waals surface area contributed by atoms with Gasteiger partial charge in [-0.3, -0.25) is 4.79 Å². The summed E-state index contributed by atoms with van der Waals surface area (Å²) in [5, 5.41) is 11.5. The summed E-state index contributed by atoms with van der Waals surface area (Å²) in [5.41, 5.74) is 0.794. The first-order valence-corrected chi connectivity index (χ1v) is 8.59. The zero-order chi connectivity index (χ0) is 18.4. The van der Waals surface area contributed by atoms with E-state index in [0.29, 0.717) is 10.6 Å². The molecule has 2 aromatic carbocycles. The molecule has 0 spiro atoms. The maximum atomic E-state index is 12.1. The van der Waals surface area contributed by atoms with Gasteiger partial charge < -0.3 is 5.11 Å². The van der Waals surface area contributed by atoms with E-state index in [-0.39, 0.29) is 12.2 Å². The average Bonchev–Trinajstić information content (AvgIpc) is 2.93. The average molecular weight is 361 g/mol. The van der Waals surface area contributed by atoms with Crippen molar-refractivity contribution in [3.8, 4) is 11.8 Å². The number of benzene rings is 2. The molecule has 0 saturated heterocycles.